The van der Waals surface area contributed by atoms with E-state index in [9.17, 15) is 4.79 Å². The molecule has 0 atom stereocenters. The molecule has 8 heteroatoms. The number of pyridine rings is 1. The summed E-state index contributed by atoms with van der Waals surface area (Å²) in [5.74, 6) is 0.518. The Morgan fingerprint density at radius 2 is 1.79 bits per heavy atom. The Morgan fingerprint density at radius 1 is 0.949 bits per heavy atom. The first-order valence-electron chi connectivity index (χ1n) is 12.3. The molecule has 0 saturated carbocycles. The highest BCUT2D eigenvalue weighted by Crippen LogP contribution is 2.29. The van der Waals surface area contributed by atoms with Gasteiger partial charge < -0.3 is 0 Å². The van der Waals surface area contributed by atoms with E-state index in [-0.39, 0.29) is 5.91 Å². The van der Waals surface area contributed by atoms with Gasteiger partial charge in [0, 0.05) is 39.6 Å². The molecule has 190 valence electrons. The SMILES string of the molecule is O=C(NN=Cc1cn(-c2ccccc2)nc1-c1cccs1)c1ccc(CSc2cccc3cccnc23)cc1. The Hall–Kier alpha value is -4.53. The van der Waals surface area contributed by atoms with Crippen molar-refractivity contribution in [3.05, 3.63) is 132 Å². The minimum absolute atomic E-state index is 0.267. The van der Waals surface area contributed by atoms with Gasteiger partial charge in [-0.15, -0.1) is 23.1 Å². The Kier molecular flexibility index (Phi) is 7.29. The average molecular weight is 546 g/mol. The van der Waals surface area contributed by atoms with E-state index in [0.717, 1.165) is 48.9 Å². The summed E-state index contributed by atoms with van der Waals surface area (Å²) >= 11 is 3.35. The number of thiophene rings is 1. The molecule has 0 aliphatic rings. The van der Waals surface area contributed by atoms with E-state index in [1.54, 1.807) is 29.3 Å². The molecule has 3 aromatic carbocycles. The van der Waals surface area contributed by atoms with Crippen LogP contribution >= 0.6 is 23.1 Å². The number of nitrogens with one attached hydrogen (secondary N) is 1. The van der Waals surface area contributed by atoms with E-state index in [1.165, 1.54) is 0 Å². The van der Waals surface area contributed by atoms with Crippen LogP contribution in [-0.2, 0) is 5.75 Å². The van der Waals surface area contributed by atoms with Gasteiger partial charge in [-0.05, 0) is 53.4 Å². The summed E-state index contributed by atoms with van der Waals surface area (Å²) in [6, 6.07) is 31.8. The van der Waals surface area contributed by atoms with E-state index in [4.69, 9.17) is 5.10 Å². The Labute approximate surface area is 234 Å². The highest BCUT2D eigenvalue weighted by Gasteiger charge is 2.12. The largest absolute Gasteiger partial charge is 0.271 e. The molecule has 0 aliphatic carbocycles. The summed E-state index contributed by atoms with van der Waals surface area (Å²) in [6.07, 6.45) is 5.38. The molecule has 1 N–H and O–H groups in total. The van der Waals surface area contributed by atoms with Crippen LogP contribution < -0.4 is 5.43 Å². The van der Waals surface area contributed by atoms with E-state index >= 15 is 0 Å². The van der Waals surface area contributed by atoms with Crippen LogP contribution in [0.3, 0.4) is 0 Å². The lowest BCUT2D eigenvalue weighted by Crippen LogP contribution is -2.17. The van der Waals surface area contributed by atoms with Crippen molar-refractivity contribution in [1.29, 1.82) is 0 Å². The maximum atomic E-state index is 12.8. The molecule has 1 amide bonds. The van der Waals surface area contributed by atoms with Crippen LogP contribution in [0.5, 0.6) is 0 Å². The second-order valence-corrected chi connectivity index (χ2v) is 10.7. The Balaban J connectivity index is 1.12. The number of para-hydroxylation sites is 2. The number of hydrazone groups is 1. The predicted molar refractivity (Wildman–Crippen MR) is 160 cm³/mol. The van der Waals surface area contributed by atoms with Crippen LogP contribution in [0.25, 0.3) is 27.2 Å². The van der Waals surface area contributed by atoms with Crippen molar-refractivity contribution in [3.8, 4) is 16.3 Å². The number of carbonyl (C=O) groups is 1. The van der Waals surface area contributed by atoms with Crippen LogP contribution in [0.15, 0.2) is 125 Å². The fraction of sp³-hybridized carbons (Fsp3) is 0.0323. The van der Waals surface area contributed by atoms with Gasteiger partial charge in [0.25, 0.3) is 5.91 Å². The van der Waals surface area contributed by atoms with E-state index < -0.39 is 0 Å². The lowest BCUT2D eigenvalue weighted by atomic mass is 10.1. The number of hydrogen-bond donors (Lipinski definition) is 1. The third-order valence-electron chi connectivity index (χ3n) is 6.09. The monoisotopic (exact) mass is 545 g/mol. The van der Waals surface area contributed by atoms with Crippen LogP contribution in [-0.4, -0.2) is 26.9 Å². The number of nitrogens with zero attached hydrogens (tertiary/aromatic N) is 4. The van der Waals surface area contributed by atoms with E-state index in [2.05, 4.69) is 39.8 Å². The van der Waals surface area contributed by atoms with Gasteiger partial charge >= 0.3 is 0 Å². The first kappa shape index (κ1) is 24.8. The lowest BCUT2D eigenvalue weighted by molar-refractivity contribution is 0.0955. The van der Waals surface area contributed by atoms with Gasteiger partial charge in [0.1, 0.15) is 5.69 Å². The number of hydrogen-bond acceptors (Lipinski definition) is 6. The summed E-state index contributed by atoms with van der Waals surface area (Å²) in [5.41, 5.74) is 7.92. The molecule has 0 fully saturated rings. The quantitative estimate of drug-likeness (QED) is 0.125. The Morgan fingerprint density at radius 3 is 2.62 bits per heavy atom. The number of thioether (sulfide) groups is 1. The molecule has 3 aromatic heterocycles. The second-order valence-electron chi connectivity index (χ2n) is 8.71. The van der Waals surface area contributed by atoms with Crippen LogP contribution in [0.4, 0.5) is 0 Å². The maximum absolute atomic E-state index is 12.8. The minimum Gasteiger partial charge on any atom is -0.267 e. The first-order chi connectivity index (χ1) is 19.2. The molecular weight excluding hydrogens is 523 g/mol. The third-order valence-corrected chi connectivity index (χ3v) is 8.09. The van der Waals surface area contributed by atoms with Gasteiger partial charge in [-0.1, -0.05) is 54.6 Å². The molecule has 3 heterocycles. The van der Waals surface area contributed by atoms with Crippen molar-refractivity contribution in [1.82, 2.24) is 20.2 Å². The summed E-state index contributed by atoms with van der Waals surface area (Å²) in [4.78, 5) is 19.5. The predicted octanol–water partition coefficient (Wildman–Crippen LogP) is 7.21. The number of aromatic nitrogens is 3. The number of carbonyl (C=O) groups excluding carboxylic acids is 1. The molecule has 0 radical (unpaired) electrons. The van der Waals surface area contributed by atoms with Crippen molar-refractivity contribution in [2.75, 3.05) is 0 Å². The molecule has 6 aromatic rings. The van der Waals surface area contributed by atoms with Gasteiger partial charge in [-0.2, -0.15) is 10.2 Å². The fourth-order valence-corrected chi connectivity index (χ4v) is 5.86. The normalized spacial score (nSPS) is 11.3. The van der Waals surface area contributed by atoms with E-state index in [1.807, 2.05) is 95.3 Å². The lowest BCUT2D eigenvalue weighted by Gasteiger charge is -2.06. The zero-order chi connectivity index (χ0) is 26.4. The van der Waals surface area contributed by atoms with E-state index in [0.29, 0.717) is 5.56 Å². The van der Waals surface area contributed by atoms with Crippen LogP contribution in [0.2, 0.25) is 0 Å². The molecule has 6 nitrogen and oxygen atoms in total. The fourth-order valence-electron chi connectivity index (χ4n) is 4.13. The smallest absolute Gasteiger partial charge is 0.267 e. The third kappa shape index (κ3) is 5.67. The molecule has 39 heavy (non-hydrogen) atoms. The first-order valence-corrected chi connectivity index (χ1v) is 14.2. The molecular formula is C31H23N5OS2. The topological polar surface area (TPSA) is 72.2 Å². The van der Waals surface area contributed by atoms with Crippen molar-refractivity contribution in [2.24, 2.45) is 5.10 Å². The van der Waals surface area contributed by atoms with Gasteiger partial charge in [-0.3, -0.25) is 9.78 Å². The van der Waals surface area contributed by atoms with Gasteiger partial charge in [0.2, 0.25) is 0 Å². The number of benzene rings is 3. The number of rotatable bonds is 8. The zero-order valence-electron chi connectivity index (χ0n) is 20.8. The maximum Gasteiger partial charge on any atom is 0.271 e. The van der Waals surface area contributed by atoms with Gasteiger partial charge in [-0.25, -0.2) is 10.1 Å². The molecule has 0 spiro atoms. The van der Waals surface area contributed by atoms with Crippen molar-refractivity contribution in [3.63, 3.8) is 0 Å². The average Bonchev–Trinajstić information content (AvgIpc) is 3.67. The zero-order valence-corrected chi connectivity index (χ0v) is 22.4. The molecule has 0 unspecified atom stereocenters. The molecule has 6 rings (SSSR count). The van der Waals surface area contributed by atoms with Crippen molar-refractivity contribution < 1.29 is 4.79 Å². The Bertz CT molecular complexity index is 1740. The minimum atomic E-state index is -0.267. The summed E-state index contributed by atoms with van der Waals surface area (Å²) < 4.78 is 1.82. The highest BCUT2D eigenvalue weighted by atomic mass is 32.2. The summed E-state index contributed by atoms with van der Waals surface area (Å²) in [6.45, 7) is 0. The van der Waals surface area contributed by atoms with Crippen molar-refractivity contribution >= 4 is 46.1 Å². The number of amides is 1. The summed E-state index contributed by atoms with van der Waals surface area (Å²) in [5, 5.41) is 12.1. The van der Waals surface area contributed by atoms with Gasteiger partial charge in [0.15, 0.2) is 0 Å². The summed E-state index contributed by atoms with van der Waals surface area (Å²) in [7, 11) is 0. The molecule has 0 aliphatic heterocycles. The second kappa shape index (κ2) is 11.5. The highest BCUT2D eigenvalue weighted by molar-refractivity contribution is 7.98. The van der Waals surface area contributed by atoms with Gasteiger partial charge in [0.05, 0.1) is 22.3 Å². The molecule has 0 bridgehead atoms. The standard InChI is InChI=1S/C31H23N5OS2/c37-31(24-15-13-22(14-16-24)21-39-27-11-4-7-23-8-5-17-32-29(23)27)34-33-19-25-20-36(26-9-2-1-3-10-26)35-30(25)28-12-6-18-38-28/h1-20H,21H2,(H,34,37). The molecule has 0 saturated heterocycles. The van der Waals surface area contributed by atoms with Crippen molar-refractivity contribution in [2.45, 2.75) is 10.6 Å². The van der Waals surface area contributed by atoms with Crippen LogP contribution in [0, 0.1) is 0 Å². The van der Waals surface area contributed by atoms with Crippen LogP contribution in [0.1, 0.15) is 21.5 Å². The number of fused-ring (bicyclic) bond motifs is 1.